The average Bonchev–Trinajstić information content (AvgIpc) is 2.68. The molecule has 1 N–H and O–H groups in total. The van der Waals surface area contributed by atoms with Crippen molar-refractivity contribution in [1.29, 1.82) is 0 Å². The monoisotopic (exact) mass is 373 g/mol. The van der Waals surface area contributed by atoms with Crippen LogP contribution in [0.25, 0.3) is 0 Å². The summed E-state index contributed by atoms with van der Waals surface area (Å²) in [5, 5.41) is 2.95. The molecular weight excluding hydrogens is 342 g/mol. The molecule has 2 saturated heterocycles. The fourth-order valence-corrected chi connectivity index (χ4v) is 3.84. The summed E-state index contributed by atoms with van der Waals surface area (Å²) in [7, 11) is 0. The molecular formula is C21H31N3O3. The van der Waals surface area contributed by atoms with Gasteiger partial charge in [0, 0.05) is 31.7 Å². The SMILES string of the molecule is CCCNC(=O)N1CCOC2(CCN(C(=O)c3ccc(C)c(C)c3)CC2)C1. The minimum Gasteiger partial charge on any atom is -0.371 e. The largest absolute Gasteiger partial charge is 0.371 e. The Morgan fingerprint density at radius 3 is 2.52 bits per heavy atom. The van der Waals surface area contributed by atoms with E-state index in [4.69, 9.17) is 4.74 Å². The van der Waals surface area contributed by atoms with Gasteiger partial charge in [-0.3, -0.25) is 4.79 Å². The topological polar surface area (TPSA) is 61.9 Å². The average molecular weight is 373 g/mol. The molecule has 148 valence electrons. The zero-order valence-electron chi connectivity index (χ0n) is 16.7. The maximum Gasteiger partial charge on any atom is 0.317 e. The smallest absolute Gasteiger partial charge is 0.317 e. The number of ether oxygens (including phenoxy) is 1. The van der Waals surface area contributed by atoms with Crippen molar-refractivity contribution in [2.45, 2.75) is 45.6 Å². The molecule has 6 heteroatoms. The maximum atomic E-state index is 12.8. The van der Waals surface area contributed by atoms with Crippen molar-refractivity contribution in [2.24, 2.45) is 0 Å². The van der Waals surface area contributed by atoms with Crippen LogP contribution >= 0.6 is 0 Å². The summed E-state index contributed by atoms with van der Waals surface area (Å²) in [6, 6.07) is 5.88. The number of rotatable bonds is 3. The van der Waals surface area contributed by atoms with E-state index in [1.54, 1.807) is 0 Å². The molecule has 6 nitrogen and oxygen atoms in total. The van der Waals surface area contributed by atoms with Crippen LogP contribution in [0.3, 0.4) is 0 Å². The lowest BCUT2D eigenvalue weighted by Gasteiger charge is -2.47. The molecule has 1 aromatic carbocycles. The van der Waals surface area contributed by atoms with Crippen LogP contribution in [0.5, 0.6) is 0 Å². The van der Waals surface area contributed by atoms with Crippen molar-refractivity contribution >= 4 is 11.9 Å². The fourth-order valence-electron chi connectivity index (χ4n) is 3.84. The summed E-state index contributed by atoms with van der Waals surface area (Å²) in [5.74, 6) is 0.0845. The molecule has 0 aliphatic carbocycles. The second-order valence-electron chi connectivity index (χ2n) is 7.78. The molecule has 3 rings (SSSR count). The van der Waals surface area contributed by atoms with E-state index < -0.39 is 0 Å². The van der Waals surface area contributed by atoms with Crippen molar-refractivity contribution in [3.63, 3.8) is 0 Å². The molecule has 0 atom stereocenters. The standard InChI is InChI=1S/C21H31N3O3/c1-4-9-22-20(26)24-12-13-27-21(15-24)7-10-23(11-8-21)19(25)18-6-5-16(2)17(3)14-18/h5-6,14H,4,7-13,15H2,1-3H3,(H,22,26). The number of nitrogens with zero attached hydrogens (tertiary/aromatic N) is 2. The lowest BCUT2D eigenvalue weighted by atomic mass is 9.89. The van der Waals surface area contributed by atoms with Gasteiger partial charge in [0.1, 0.15) is 0 Å². The molecule has 1 aromatic rings. The van der Waals surface area contributed by atoms with Crippen LogP contribution in [-0.2, 0) is 4.74 Å². The summed E-state index contributed by atoms with van der Waals surface area (Å²) < 4.78 is 6.10. The number of hydrogen-bond acceptors (Lipinski definition) is 3. The second-order valence-corrected chi connectivity index (χ2v) is 7.78. The first-order valence-electron chi connectivity index (χ1n) is 9.97. The number of aryl methyl sites for hydroxylation is 2. The van der Waals surface area contributed by atoms with Crippen molar-refractivity contribution in [3.8, 4) is 0 Å². The third-order valence-electron chi connectivity index (χ3n) is 5.78. The Bertz CT molecular complexity index is 696. The van der Waals surface area contributed by atoms with Crippen LogP contribution < -0.4 is 5.32 Å². The Balaban J connectivity index is 1.59. The van der Waals surface area contributed by atoms with Gasteiger partial charge in [0.05, 0.1) is 18.8 Å². The third-order valence-corrected chi connectivity index (χ3v) is 5.78. The van der Waals surface area contributed by atoms with Gasteiger partial charge < -0.3 is 19.9 Å². The molecule has 0 unspecified atom stereocenters. The van der Waals surface area contributed by atoms with Crippen molar-refractivity contribution in [1.82, 2.24) is 15.1 Å². The maximum absolute atomic E-state index is 12.8. The summed E-state index contributed by atoms with van der Waals surface area (Å²) >= 11 is 0. The number of urea groups is 1. The number of carbonyl (C=O) groups excluding carboxylic acids is 2. The molecule has 2 aliphatic rings. The van der Waals surface area contributed by atoms with Crippen molar-refractivity contribution in [2.75, 3.05) is 39.3 Å². The van der Waals surface area contributed by atoms with Gasteiger partial charge in [0.2, 0.25) is 0 Å². The molecule has 0 saturated carbocycles. The van der Waals surface area contributed by atoms with E-state index in [1.165, 1.54) is 5.56 Å². The van der Waals surface area contributed by atoms with Crippen LogP contribution in [-0.4, -0.2) is 66.7 Å². The van der Waals surface area contributed by atoms with E-state index in [0.29, 0.717) is 39.3 Å². The van der Waals surface area contributed by atoms with Crippen LogP contribution in [0.4, 0.5) is 4.79 Å². The highest BCUT2D eigenvalue weighted by Crippen LogP contribution is 2.31. The lowest BCUT2D eigenvalue weighted by Crippen LogP contribution is -2.60. The van der Waals surface area contributed by atoms with Gasteiger partial charge in [-0.15, -0.1) is 0 Å². The normalized spacial score (nSPS) is 19.2. The molecule has 2 aliphatic heterocycles. The number of morpholine rings is 1. The van der Waals surface area contributed by atoms with E-state index in [2.05, 4.69) is 12.2 Å². The highest BCUT2D eigenvalue weighted by Gasteiger charge is 2.41. The highest BCUT2D eigenvalue weighted by molar-refractivity contribution is 5.94. The van der Waals surface area contributed by atoms with E-state index in [0.717, 1.165) is 30.4 Å². The van der Waals surface area contributed by atoms with Crippen LogP contribution in [0, 0.1) is 13.8 Å². The number of piperidine rings is 1. The molecule has 0 bridgehead atoms. The first-order chi connectivity index (χ1) is 12.9. The summed E-state index contributed by atoms with van der Waals surface area (Å²) in [6.45, 7) is 9.95. The van der Waals surface area contributed by atoms with E-state index in [-0.39, 0.29) is 17.5 Å². The number of nitrogens with one attached hydrogen (secondary N) is 1. The first kappa shape index (κ1) is 19.7. The number of carbonyl (C=O) groups is 2. The van der Waals surface area contributed by atoms with Gasteiger partial charge in [-0.25, -0.2) is 4.79 Å². The van der Waals surface area contributed by atoms with Gasteiger partial charge in [0.25, 0.3) is 5.91 Å². The number of hydrogen-bond donors (Lipinski definition) is 1. The number of amides is 3. The van der Waals surface area contributed by atoms with Gasteiger partial charge in [-0.2, -0.15) is 0 Å². The molecule has 2 heterocycles. The summed E-state index contributed by atoms with van der Waals surface area (Å²) in [5.41, 5.74) is 2.76. The second kappa shape index (κ2) is 8.30. The Morgan fingerprint density at radius 1 is 1.11 bits per heavy atom. The molecule has 1 spiro atoms. The number of benzene rings is 1. The molecule has 27 heavy (non-hydrogen) atoms. The van der Waals surface area contributed by atoms with Crippen LogP contribution in [0.2, 0.25) is 0 Å². The van der Waals surface area contributed by atoms with Gasteiger partial charge >= 0.3 is 6.03 Å². The van der Waals surface area contributed by atoms with Gasteiger partial charge in [-0.1, -0.05) is 13.0 Å². The van der Waals surface area contributed by atoms with E-state index >= 15 is 0 Å². The molecule has 2 fully saturated rings. The van der Waals surface area contributed by atoms with Crippen molar-refractivity contribution in [3.05, 3.63) is 34.9 Å². The zero-order chi connectivity index (χ0) is 19.4. The van der Waals surface area contributed by atoms with Crippen LogP contribution in [0.1, 0.15) is 47.7 Å². The number of likely N-dealkylation sites (tertiary alicyclic amines) is 1. The third kappa shape index (κ3) is 4.43. The fraction of sp³-hybridized carbons (Fsp3) is 0.619. The van der Waals surface area contributed by atoms with Crippen LogP contribution in [0.15, 0.2) is 18.2 Å². The van der Waals surface area contributed by atoms with E-state index in [1.807, 2.05) is 41.8 Å². The van der Waals surface area contributed by atoms with E-state index in [9.17, 15) is 9.59 Å². The van der Waals surface area contributed by atoms with Crippen molar-refractivity contribution < 1.29 is 14.3 Å². The summed E-state index contributed by atoms with van der Waals surface area (Å²) in [4.78, 5) is 28.9. The Kier molecular flexibility index (Phi) is 6.05. The van der Waals surface area contributed by atoms with Gasteiger partial charge in [0.15, 0.2) is 0 Å². The molecule has 0 radical (unpaired) electrons. The first-order valence-corrected chi connectivity index (χ1v) is 9.97. The Labute approximate surface area is 161 Å². The zero-order valence-corrected chi connectivity index (χ0v) is 16.7. The Morgan fingerprint density at radius 2 is 1.85 bits per heavy atom. The predicted octanol–water partition coefficient (Wildman–Crippen LogP) is 2.73. The lowest BCUT2D eigenvalue weighted by molar-refractivity contribution is -0.122. The summed E-state index contributed by atoms with van der Waals surface area (Å²) in [6.07, 6.45) is 2.46. The molecule has 0 aromatic heterocycles. The minimum atomic E-state index is -0.318. The highest BCUT2D eigenvalue weighted by atomic mass is 16.5. The minimum absolute atomic E-state index is 0.00633. The Hall–Kier alpha value is -2.08. The molecule has 3 amide bonds. The predicted molar refractivity (Wildman–Crippen MR) is 105 cm³/mol. The quantitative estimate of drug-likeness (QED) is 0.886. The van der Waals surface area contributed by atoms with Gasteiger partial charge in [-0.05, 0) is 56.4 Å².